The predicted molar refractivity (Wildman–Crippen MR) is 104 cm³/mol. The molecule has 4 aromatic rings. The number of hydrogen-bond acceptors (Lipinski definition) is 2. The molecule has 124 valence electrons. The highest BCUT2D eigenvalue weighted by Gasteiger charge is 2.14. The molecule has 0 unspecified atom stereocenters. The van der Waals surface area contributed by atoms with E-state index in [-0.39, 0.29) is 5.41 Å². The molecule has 0 spiro atoms. The summed E-state index contributed by atoms with van der Waals surface area (Å²) >= 11 is 0. The van der Waals surface area contributed by atoms with Gasteiger partial charge in [0.2, 0.25) is 5.71 Å². The van der Waals surface area contributed by atoms with E-state index in [1.807, 2.05) is 36.4 Å². The number of nitrogens with zero attached hydrogens (tertiary/aromatic N) is 1. The summed E-state index contributed by atoms with van der Waals surface area (Å²) in [6, 6.07) is 24.9. The van der Waals surface area contributed by atoms with Crippen LogP contribution in [0.2, 0.25) is 0 Å². The molecule has 25 heavy (non-hydrogen) atoms. The Labute approximate surface area is 148 Å². The molecule has 0 N–H and O–H groups in total. The summed E-state index contributed by atoms with van der Waals surface area (Å²) < 4.78 is 5.98. The number of aromatic nitrogens is 1. The van der Waals surface area contributed by atoms with Crippen LogP contribution in [0, 0.1) is 0 Å². The largest absolute Gasteiger partial charge is 0.438 e. The fourth-order valence-corrected chi connectivity index (χ4v) is 2.96. The van der Waals surface area contributed by atoms with E-state index in [9.17, 15) is 0 Å². The average molecular weight is 327 g/mol. The van der Waals surface area contributed by atoms with Crippen molar-refractivity contribution in [1.29, 1.82) is 0 Å². The third-order valence-electron chi connectivity index (χ3n) is 4.49. The van der Waals surface area contributed by atoms with Crippen LogP contribution in [0.25, 0.3) is 33.7 Å². The highest BCUT2D eigenvalue weighted by atomic mass is 16.3. The smallest absolute Gasteiger partial charge is 0.227 e. The first kappa shape index (κ1) is 15.6. The Bertz CT molecular complexity index is 1010. The Morgan fingerprint density at radius 3 is 2.16 bits per heavy atom. The maximum Gasteiger partial charge on any atom is 0.227 e. The van der Waals surface area contributed by atoms with E-state index < -0.39 is 0 Å². The molecule has 2 nitrogen and oxygen atoms in total. The van der Waals surface area contributed by atoms with Gasteiger partial charge in [0.05, 0.1) is 5.69 Å². The molecular formula is C23H21NO. The number of furan rings is 1. The zero-order chi connectivity index (χ0) is 17.4. The van der Waals surface area contributed by atoms with E-state index in [0.29, 0.717) is 5.71 Å². The van der Waals surface area contributed by atoms with Crippen molar-refractivity contribution in [3.63, 3.8) is 0 Å². The molecular weight excluding hydrogens is 306 g/mol. The summed E-state index contributed by atoms with van der Waals surface area (Å²) in [7, 11) is 0. The minimum Gasteiger partial charge on any atom is -0.438 e. The first-order valence-corrected chi connectivity index (χ1v) is 8.58. The van der Waals surface area contributed by atoms with Gasteiger partial charge in [0.15, 0.2) is 0 Å². The molecule has 0 aliphatic carbocycles. The van der Waals surface area contributed by atoms with Gasteiger partial charge in [-0.1, -0.05) is 75.4 Å². The van der Waals surface area contributed by atoms with Gasteiger partial charge >= 0.3 is 0 Å². The SMILES string of the molecule is CC(C)(C)c1ccc(-c2ccc3cc(-c4ccccc4)oc3n2)cc1. The van der Waals surface area contributed by atoms with Gasteiger partial charge in [0, 0.05) is 16.5 Å². The number of hydrogen-bond donors (Lipinski definition) is 0. The van der Waals surface area contributed by atoms with Crippen molar-refractivity contribution in [1.82, 2.24) is 4.98 Å². The van der Waals surface area contributed by atoms with Crippen molar-refractivity contribution in [2.75, 3.05) is 0 Å². The molecule has 0 amide bonds. The third kappa shape index (κ3) is 3.08. The van der Waals surface area contributed by atoms with Crippen molar-refractivity contribution in [3.05, 3.63) is 78.4 Å². The predicted octanol–water partition coefficient (Wildman–Crippen LogP) is 6.46. The number of fused-ring (bicyclic) bond motifs is 1. The number of rotatable bonds is 2. The Hall–Kier alpha value is -2.87. The molecule has 2 heterocycles. The molecule has 2 aromatic carbocycles. The summed E-state index contributed by atoms with van der Waals surface area (Å²) in [6.45, 7) is 6.67. The normalized spacial score (nSPS) is 11.8. The maximum absolute atomic E-state index is 5.98. The van der Waals surface area contributed by atoms with Crippen LogP contribution in [0.15, 0.2) is 77.2 Å². The fraction of sp³-hybridized carbons (Fsp3) is 0.174. The van der Waals surface area contributed by atoms with Gasteiger partial charge in [0.1, 0.15) is 5.76 Å². The van der Waals surface area contributed by atoms with Gasteiger partial charge in [-0.15, -0.1) is 0 Å². The molecule has 0 aliphatic heterocycles. The van der Waals surface area contributed by atoms with Gasteiger partial charge in [-0.25, -0.2) is 4.98 Å². The monoisotopic (exact) mass is 327 g/mol. The first-order chi connectivity index (χ1) is 12.0. The van der Waals surface area contributed by atoms with Gasteiger partial charge in [0.25, 0.3) is 0 Å². The Morgan fingerprint density at radius 1 is 0.760 bits per heavy atom. The molecule has 2 aromatic heterocycles. The quantitative estimate of drug-likeness (QED) is 0.422. The topological polar surface area (TPSA) is 26.0 Å². The highest BCUT2D eigenvalue weighted by molar-refractivity contribution is 5.82. The molecule has 0 saturated carbocycles. The van der Waals surface area contributed by atoms with Crippen LogP contribution in [-0.2, 0) is 5.41 Å². The van der Waals surface area contributed by atoms with Crippen LogP contribution in [0.3, 0.4) is 0 Å². The van der Waals surface area contributed by atoms with Crippen molar-refractivity contribution in [3.8, 4) is 22.6 Å². The Kier molecular flexibility index (Phi) is 3.69. The second-order valence-electron chi connectivity index (χ2n) is 7.39. The second kappa shape index (κ2) is 5.89. The third-order valence-corrected chi connectivity index (χ3v) is 4.49. The van der Waals surface area contributed by atoms with Gasteiger partial charge in [-0.2, -0.15) is 0 Å². The van der Waals surface area contributed by atoms with E-state index in [1.165, 1.54) is 5.56 Å². The second-order valence-corrected chi connectivity index (χ2v) is 7.39. The van der Waals surface area contributed by atoms with Gasteiger partial charge < -0.3 is 4.42 Å². The molecule has 0 aliphatic rings. The zero-order valence-electron chi connectivity index (χ0n) is 14.8. The van der Waals surface area contributed by atoms with Gasteiger partial charge in [-0.3, -0.25) is 0 Å². The maximum atomic E-state index is 5.98. The molecule has 0 saturated heterocycles. The van der Waals surface area contributed by atoms with Crippen LogP contribution in [-0.4, -0.2) is 4.98 Å². The van der Waals surface area contributed by atoms with Crippen molar-refractivity contribution in [2.24, 2.45) is 0 Å². The van der Waals surface area contributed by atoms with E-state index in [4.69, 9.17) is 9.40 Å². The average Bonchev–Trinajstić information content (AvgIpc) is 3.05. The lowest BCUT2D eigenvalue weighted by molar-refractivity contribution is 0.590. The van der Waals surface area contributed by atoms with E-state index in [1.54, 1.807) is 0 Å². The molecule has 0 radical (unpaired) electrons. The Balaban J connectivity index is 1.72. The molecule has 0 bridgehead atoms. The summed E-state index contributed by atoms with van der Waals surface area (Å²) in [5.74, 6) is 0.850. The van der Waals surface area contributed by atoms with Crippen molar-refractivity contribution >= 4 is 11.1 Å². The summed E-state index contributed by atoms with van der Waals surface area (Å²) in [5, 5.41) is 1.02. The molecule has 2 heteroatoms. The van der Waals surface area contributed by atoms with Crippen molar-refractivity contribution < 1.29 is 4.42 Å². The summed E-state index contributed by atoms with van der Waals surface area (Å²) in [5.41, 5.74) is 5.26. The van der Waals surface area contributed by atoms with E-state index >= 15 is 0 Å². The summed E-state index contributed by atoms with van der Waals surface area (Å²) in [4.78, 5) is 4.72. The van der Waals surface area contributed by atoms with Crippen LogP contribution >= 0.6 is 0 Å². The minimum atomic E-state index is 0.154. The summed E-state index contributed by atoms with van der Waals surface area (Å²) in [6.07, 6.45) is 0. The molecule has 0 fully saturated rings. The highest BCUT2D eigenvalue weighted by Crippen LogP contribution is 2.30. The zero-order valence-corrected chi connectivity index (χ0v) is 14.8. The lowest BCUT2D eigenvalue weighted by Gasteiger charge is -2.19. The number of benzene rings is 2. The molecule has 4 rings (SSSR count). The van der Waals surface area contributed by atoms with Crippen LogP contribution in [0.1, 0.15) is 26.3 Å². The lowest BCUT2D eigenvalue weighted by atomic mass is 9.86. The first-order valence-electron chi connectivity index (χ1n) is 8.58. The van der Waals surface area contributed by atoms with Crippen molar-refractivity contribution in [2.45, 2.75) is 26.2 Å². The van der Waals surface area contributed by atoms with Crippen LogP contribution in [0.4, 0.5) is 0 Å². The number of pyridine rings is 1. The molecule has 0 atom stereocenters. The fourth-order valence-electron chi connectivity index (χ4n) is 2.96. The van der Waals surface area contributed by atoms with E-state index in [2.05, 4.69) is 57.2 Å². The standard InChI is InChI=1S/C23H21NO/c1-23(2,3)19-12-9-16(10-13-19)20-14-11-18-15-21(25-22(18)24-20)17-7-5-4-6-8-17/h4-15H,1-3H3. The van der Waals surface area contributed by atoms with E-state index in [0.717, 1.165) is 28.0 Å². The minimum absolute atomic E-state index is 0.154. The van der Waals surface area contributed by atoms with Crippen LogP contribution in [0.5, 0.6) is 0 Å². The Morgan fingerprint density at radius 2 is 1.48 bits per heavy atom. The lowest BCUT2D eigenvalue weighted by Crippen LogP contribution is -2.10. The van der Waals surface area contributed by atoms with Gasteiger partial charge in [-0.05, 0) is 29.2 Å². The van der Waals surface area contributed by atoms with Crippen LogP contribution < -0.4 is 0 Å².